The third-order valence-corrected chi connectivity index (χ3v) is 3.47. The normalized spacial score (nSPS) is 14.6. The summed E-state index contributed by atoms with van der Waals surface area (Å²) in [4.78, 5) is 15.2. The molecular weight excluding hydrogens is 266 g/mol. The first kappa shape index (κ1) is 12.2. The van der Waals surface area contributed by atoms with Crippen LogP contribution in [0.4, 0.5) is 0 Å². The van der Waals surface area contributed by atoms with Gasteiger partial charge in [-0.2, -0.15) is 0 Å². The zero-order chi connectivity index (χ0) is 13.6. The number of carbonyl (C=O) groups is 1. The first-order valence-electron chi connectivity index (χ1n) is 6.03. The van der Waals surface area contributed by atoms with E-state index >= 15 is 0 Å². The number of nitrogens with zero attached hydrogens (tertiary/aromatic N) is 3. The quantitative estimate of drug-likeness (QED) is 0.937. The molecule has 3 rings (SSSR count). The van der Waals surface area contributed by atoms with Gasteiger partial charge in [0.05, 0.1) is 10.7 Å². The first-order valence-corrected chi connectivity index (χ1v) is 6.41. The van der Waals surface area contributed by atoms with Crippen LogP contribution in [0.3, 0.4) is 0 Å². The van der Waals surface area contributed by atoms with Crippen molar-refractivity contribution in [2.75, 3.05) is 0 Å². The monoisotopic (exact) mass is 277 g/mol. The number of rotatable bonds is 3. The van der Waals surface area contributed by atoms with Gasteiger partial charge in [0.25, 0.3) is 5.82 Å². The molecule has 98 valence electrons. The van der Waals surface area contributed by atoms with Gasteiger partial charge in [-0.25, -0.2) is 14.5 Å². The molecule has 1 N–H and O–H groups in total. The zero-order valence-corrected chi connectivity index (χ0v) is 11.1. The lowest BCUT2D eigenvalue weighted by molar-refractivity contribution is 0.0683. The van der Waals surface area contributed by atoms with E-state index < -0.39 is 5.97 Å². The van der Waals surface area contributed by atoms with E-state index in [1.807, 2.05) is 19.1 Å². The van der Waals surface area contributed by atoms with E-state index in [1.165, 1.54) is 0 Å². The number of carboxylic acid groups (broad SMARTS) is 1. The number of halogens is 1. The second kappa shape index (κ2) is 4.35. The Morgan fingerprint density at radius 3 is 2.79 bits per heavy atom. The Labute approximate surface area is 114 Å². The molecule has 1 aliphatic carbocycles. The maximum absolute atomic E-state index is 11.0. The smallest absolute Gasteiger partial charge is 0.375 e. The fraction of sp³-hybridized carbons (Fsp3) is 0.308. The molecule has 0 aliphatic heterocycles. The van der Waals surface area contributed by atoms with Crippen LogP contribution in [0.1, 0.15) is 40.8 Å². The van der Waals surface area contributed by atoms with Gasteiger partial charge in [0.1, 0.15) is 5.82 Å². The molecule has 5 nitrogen and oxygen atoms in total. The lowest BCUT2D eigenvalue weighted by Gasteiger charge is -2.10. The molecule has 6 heteroatoms. The zero-order valence-electron chi connectivity index (χ0n) is 10.3. The minimum Gasteiger partial charge on any atom is -0.475 e. The molecule has 0 radical (unpaired) electrons. The van der Waals surface area contributed by atoms with Crippen molar-refractivity contribution in [3.63, 3.8) is 0 Å². The predicted octanol–water partition coefficient (Wildman–Crippen LogP) is 2.80. The molecule has 0 amide bonds. The molecule has 1 saturated carbocycles. The summed E-state index contributed by atoms with van der Waals surface area (Å²) in [5.41, 5.74) is 1.65. The molecule has 0 spiro atoms. The molecule has 0 unspecified atom stereocenters. The third-order valence-electron chi connectivity index (χ3n) is 3.17. The van der Waals surface area contributed by atoms with Gasteiger partial charge < -0.3 is 5.11 Å². The molecule has 0 atom stereocenters. The van der Waals surface area contributed by atoms with Gasteiger partial charge in [-0.3, -0.25) is 0 Å². The van der Waals surface area contributed by atoms with Crippen molar-refractivity contribution in [3.05, 3.63) is 40.4 Å². The number of para-hydroxylation sites is 1. The summed E-state index contributed by atoms with van der Waals surface area (Å²) in [5, 5.41) is 13.7. The lowest BCUT2D eigenvalue weighted by atomic mass is 10.2. The fourth-order valence-electron chi connectivity index (χ4n) is 2.08. The average molecular weight is 278 g/mol. The number of aryl methyl sites for hydroxylation is 1. The predicted molar refractivity (Wildman–Crippen MR) is 70.0 cm³/mol. The fourth-order valence-corrected chi connectivity index (χ4v) is 2.38. The van der Waals surface area contributed by atoms with Crippen molar-refractivity contribution in [1.82, 2.24) is 14.8 Å². The Kier molecular flexibility index (Phi) is 2.78. The van der Waals surface area contributed by atoms with Gasteiger partial charge in [-0.1, -0.05) is 23.7 Å². The standard InChI is InChI=1S/C13H12ClN3O2/c1-7-3-2-4-9(14)10(7)17-12(8-5-6-8)15-11(16-17)13(18)19/h2-4,8H,5-6H2,1H3,(H,18,19). The molecule has 2 aromatic rings. The lowest BCUT2D eigenvalue weighted by Crippen LogP contribution is -2.05. The van der Waals surface area contributed by atoms with Gasteiger partial charge in [0.2, 0.25) is 0 Å². The molecule has 0 bridgehead atoms. The van der Waals surface area contributed by atoms with Crippen molar-refractivity contribution in [2.24, 2.45) is 0 Å². The number of hydrogen-bond acceptors (Lipinski definition) is 3. The van der Waals surface area contributed by atoms with E-state index in [-0.39, 0.29) is 11.7 Å². The second-order valence-corrected chi connectivity index (χ2v) is 5.10. The number of aromatic carboxylic acids is 1. The molecule has 0 saturated heterocycles. The van der Waals surface area contributed by atoms with Crippen LogP contribution in [0.15, 0.2) is 18.2 Å². The van der Waals surface area contributed by atoms with Gasteiger partial charge in [-0.05, 0) is 31.4 Å². The highest BCUT2D eigenvalue weighted by Crippen LogP contribution is 2.40. The minimum atomic E-state index is -1.12. The highest BCUT2D eigenvalue weighted by atomic mass is 35.5. The van der Waals surface area contributed by atoms with E-state index in [1.54, 1.807) is 10.7 Å². The van der Waals surface area contributed by atoms with E-state index in [0.29, 0.717) is 16.5 Å². The number of benzene rings is 1. The highest BCUT2D eigenvalue weighted by molar-refractivity contribution is 6.32. The van der Waals surface area contributed by atoms with E-state index in [0.717, 1.165) is 18.4 Å². The molecule has 1 aromatic carbocycles. The summed E-state index contributed by atoms with van der Waals surface area (Å²) in [7, 11) is 0. The second-order valence-electron chi connectivity index (χ2n) is 4.69. The van der Waals surface area contributed by atoms with Gasteiger partial charge in [-0.15, -0.1) is 5.10 Å². The highest BCUT2D eigenvalue weighted by Gasteiger charge is 2.32. The molecular formula is C13H12ClN3O2. The van der Waals surface area contributed by atoms with Crippen molar-refractivity contribution >= 4 is 17.6 Å². The topological polar surface area (TPSA) is 68.0 Å². The average Bonchev–Trinajstić information content (AvgIpc) is 3.10. The maximum atomic E-state index is 11.0. The number of hydrogen-bond donors (Lipinski definition) is 1. The van der Waals surface area contributed by atoms with Crippen molar-refractivity contribution in [2.45, 2.75) is 25.7 Å². The van der Waals surface area contributed by atoms with Gasteiger partial charge in [0.15, 0.2) is 0 Å². The summed E-state index contributed by atoms with van der Waals surface area (Å²) in [6, 6.07) is 5.54. The van der Waals surface area contributed by atoms with E-state index in [2.05, 4.69) is 10.1 Å². The van der Waals surface area contributed by atoms with Crippen LogP contribution in [-0.2, 0) is 0 Å². The minimum absolute atomic E-state index is 0.179. The van der Waals surface area contributed by atoms with Gasteiger partial charge in [0, 0.05) is 5.92 Å². The maximum Gasteiger partial charge on any atom is 0.375 e. The van der Waals surface area contributed by atoms with Gasteiger partial charge >= 0.3 is 5.97 Å². The molecule has 1 heterocycles. The SMILES string of the molecule is Cc1cccc(Cl)c1-n1nc(C(=O)O)nc1C1CC1. The Morgan fingerprint density at radius 1 is 1.47 bits per heavy atom. The summed E-state index contributed by atoms with van der Waals surface area (Å²) >= 11 is 6.21. The molecule has 1 aliphatic rings. The summed E-state index contributed by atoms with van der Waals surface area (Å²) in [5.74, 6) is -0.323. The summed E-state index contributed by atoms with van der Waals surface area (Å²) in [6.45, 7) is 1.92. The Morgan fingerprint density at radius 2 is 2.21 bits per heavy atom. The largest absolute Gasteiger partial charge is 0.475 e. The van der Waals surface area contributed by atoms with Crippen molar-refractivity contribution < 1.29 is 9.90 Å². The van der Waals surface area contributed by atoms with E-state index in [4.69, 9.17) is 16.7 Å². The third kappa shape index (κ3) is 2.10. The van der Waals surface area contributed by atoms with Crippen LogP contribution in [0.5, 0.6) is 0 Å². The molecule has 19 heavy (non-hydrogen) atoms. The Bertz CT molecular complexity index is 642. The van der Waals surface area contributed by atoms with Crippen LogP contribution >= 0.6 is 11.6 Å². The van der Waals surface area contributed by atoms with Crippen LogP contribution in [0.25, 0.3) is 5.69 Å². The Balaban J connectivity index is 2.21. The van der Waals surface area contributed by atoms with Crippen molar-refractivity contribution in [3.8, 4) is 5.69 Å². The van der Waals surface area contributed by atoms with E-state index in [9.17, 15) is 4.79 Å². The molecule has 1 aromatic heterocycles. The number of aromatic nitrogens is 3. The van der Waals surface area contributed by atoms with Crippen molar-refractivity contribution in [1.29, 1.82) is 0 Å². The summed E-state index contributed by atoms with van der Waals surface area (Å²) < 4.78 is 1.58. The first-order chi connectivity index (χ1) is 9.08. The van der Waals surface area contributed by atoms with Crippen LogP contribution < -0.4 is 0 Å². The van der Waals surface area contributed by atoms with Crippen LogP contribution in [0, 0.1) is 6.92 Å². The Hall–Kier alpha value is -1.88. The molecule has 1 fully saturated rings. The van der Waals surface area contributed by atoms with Crippen LogP contribution in [0.2, 0.25) is 5.02 Å². The van der Waals surface area contributed by atoms with Crippen LogP contribution in [-0.4, -0.2) is 25.8 Å². The summed E-state index contributed by atoms with van der Waals surface area (Å²) in [6.07, 6.45) is 2.03. The number of carboxylic acids is 1.